The number of fused-ring (bicyclic) bond motifs is 2. The zero-order chi connectivity index (χ0) is 22.1. The molecule has 2 aliphatic heterocycles. The third-order valence-corrected chi connectivity index (χ3v) is 5.78. The first kappa shape index (κ1) is 20.1. The van der Waals surface area contributed by atoms with Crippen LogP contribution in [0.4, 0.5) is 16.2 Å². The van der Waals surface area contributed by atoms with Crippen molar-refractivity contribution in [2.45, 2.75) is 13.8 Å². The monoisotopic (exact) mass is 426 g/mol. The first-order valence-corrected chi connectivity index (χ1v) is 10.9. The molecule has 2 aliphatic rings. The number of nitrogens with one attached hydrogen (secondary N) is 1. The third-order valence-electron chi connectivity index (χ3n) is 5.78. The lowest BCUT2D eigenvalue weighted by atomic mass is 10.1. The maximum atomic E-state index is 12.8. The molecule has 0 bridgehead atoms. The molecule has 0 atom stereocenters. The van der Waals surface area contributed by atoms with E-state index >= 15 is 0 Å². The molecule has 0 aromatic heterocycles. The number of piperazine rings is 1. The maximum Gasteiger partial charge on any atom is 0.321 e. The van der Waals surface area contributed by atoms with Gasteiger partial charge in [0.2, 0.25) is 0 Å². The number of hydrogen-bond acceptors (Lipinski definition) is 4. The van der Waals surface area contributed by atoms with Crippen LogP contribution in [0.15, 0.2) is 71.7 Å². The van der Waals surface area contributed by atoms with Crippen molar-refractivity contribution in [2.24, 2.45) is 4.99 Å². The summed E-state index contributed by atoms with van der Waals surface area (Å²) in [6, 6.07) is 21.8. The van der Waals surface area contributed by atoms with Crippen LogP contribution in [-0.4, -0.2) is 47.8 Å². The molecule has 0 aliphatic carbocycles. The molecule has 1 fully saturated rings. The fourth-order valence-electron chi connectivity index (χ4n) is 4.28. The number of aliphatic imine (C=N–C) groups is 1. The fourth-order valence-corrected chi connectivity index (χ4v) is 4.28. The second-order valence-corrected chi connectivity index (χ2v) is 8.28. The summed E-state index contributed by atoms with van der Waals surface area (Å²) < 4.78 is 6.15. The Balaban J connectivity index is 1.33. The highest BCUT2D eigenvalue weighted by Crippen LogP contribution is 2.37. The quantitative estimate of drug-likeness (QED) is 0.572. The number of nitrogens with zero attached hydrogens (tertiary/aromatic N) is 3. The SMILES string of the molecule is Cc1cc(C)cc(NC(=O)N2CCN(C3=Nc4ccccc4Oc4ccccc43)CC2)c1. The van der Waals surface area contributed by atoms with Gasteiger partial charge in [-0.25, -0.2) is 9.79 Å². The van der Waals surface area contributed by atoms with Gasteiger partial charge in [-0.05, 0) is 61.4 Å². The number of aryl methyl sites for hydroxylation is 2. The van der Waals surface area contributed by atoms with Gasteiger partial charge in [0.15, 0.2) is 5.75 Å². The van der Waals surface area contributed by atoms with Crippen molar-refractivity contribution < 1.29 is 9.53 Å². The van der Waals surface area contributed by atoms with Crippen LogP contribution >= 0.6 is 0 Å². The van der Waals surface area contributed by atoms with Crippen LogP contribution in [0.3, 0.4) is 0 Å². The summed E-state index contributed by atoms with van der Waals surface area (Å²) in [7, 11) is 0. The molecule has 6 nitrogen and oxygen atoms in total. The third kappa shape index (κ3) is 4.04. The van der Waals surface area contributed by atoms with Gasteiger partial charge in [0.1, 0.15) is 17.3 Å². The van der Waals surface area contributed by atoms with E-state index in [0.29, 0.717) is 26.2 Å². The van der Waals surface area contributed by atoms with E-state index in [4.69, 9.17) is 9.73 Å². The molecule has 0 unspecified atom stereocenters. The van der Waals surface area contributed by atoms with Crippen LogP contribution in [0.1, 0.15) is 16.7 Å². The number of amidine groups is 1. The van der Waals surface area contributed by atoms with Gasteiger partial charge in [-0.15, -0.1) is 0 Å². The van der Waals surface area contributed by atoms with E-state index in [1.54, 1.807) is 0 Å². The Labute approximate surface area is 188 Å². The van der Waals surface area contributed by atoms with Gasteiger partial charge in [0.25, 0.3) is 0 Å². The molecule has 3 aromatic rings. The van der Waals surface area contributed by atoms with E-state index in [1.807, 2.05) is 79.4 Å². The second-order valence-electron chi connectivity index (χ2n) is 8.28. The Bertz CT molecular complexity index is 1180. The van der Waals surface area contributed by atoms with Crippen molar-refractivity contribution in [3.63, 3.8) is 0 Å². The topological polar surface area (TPSA) is 57.2 Å². The summed E-state index contributed by atoms with van der Waals surface area (Å²) in [5.41, 5.74) is 4.90. The molecule has 5 rings (SSSR count). The first-order chi connectivity index (χ1) is 15.6. The minimum Gasteiger partial charge on any atom is -0.454 e. The van der Waals surface area contributed by atoms with Gasteiger partial charge in [-0.2, -0.15) is 0 Å². The Morgan fingerprint density at radius 2 is 1.53 bits per heavy atom. The van der Waals surface area contributed by atoms with Gasteiger partial charge in [-0.3, -0.25) is 0 Å². The summed E-state index contributed by atoms with van der Waals surface area (Å²) in [6.45, 7) is 6.73. The van der Waals surface area contributed by atoms with Crippen LogP contribution in [-0.2, 0) is 0 Å². The van der Waals surface area contributed by atoms with Crippen molar-refractivity contribution in [3.05, 3.63) is 83.4 Å². The second kappa shape index (κ2) is 8.38. The number of anilines is 1. The number of hydrogen-bond donors (Lipinski definition) is 1. The van der Waals surface area contributed by atoms with E-state index in [0.717, 1.165) is 45.4 Å². The van der Waals surface area contributed by atoms with Crippen LogP contribution in [0.2, 0.25) is 0 Å². The smallest absolute Gasteiger partial charge is 0.321 e. The zero-order valence-electron chi connectivity index (χ0n) is 18.3. The molecule has 3 aromatic carbocycles. The largest absolute Gasteiger partial charge is 0.454 e. The number of benzene rings is 3. The molecular formula is C26H26N4O2. The Morgan fingerprint density at radius 1 is 0.875 bits per heavy atom. The van der Waals surface area contributed by atoms with Gasteiger partial charge < -0.3 is 19.9 Å². The lowest BCUT2D eigenvalue weighted by Crippen LogP contribution is -2.51. The molecule has 2 amide bonds. The van der Waals surface area contributed by atoms with Crippen LogP contribution in [0.25, 0.3) is 0 Å². The number of ether oxygens (including phenoxy) is 1. The Hall–Kier alpha value is -3.80. The number of carbonyl (C=O) groups excluding carboxylic acids is 1. The first-order valence-electron chi connectivity index (χ1n) is 10.9. The number of para-hydroxylation sites is 3. The van der Waals surface area contributed by atoms with Crippen molar-refractivity contribution in [1.82, 2.24) is 9.80 Å². The van der Waals surface area contributed by atoms with Crippen molar-refractivity contribution in [3.8, 4) is 11.5 Å². The molecule has 1 N–H and O–H groups in total. The average Bonchev–Trinajstić information content (AvgIpc) is 2.95. The predicted molar refractivity (Wildman–Crippen MR) is 127 cm³/mol. The summed E-state index contributed by atoms with van der Waals surface area (Å²) >= 11 is 0. The van der Waals surface area contributed by atoms with E-state index in [-0.39, 0.29) is 6.03 Å². The summed E-state index contributed by atoms with van der Waals surface area (Å²) in [5, 5.41) is 3.04. The molecule has 32 heavy (non-hydrogen) atoms. The number of rotatable bonds is 1. The summed E-state index contributed by atoms with van der Waals surface area (Å²) in [6.07, 6.45) is 0. The lowest BCUT2D eigenvalue weighted by Gasteiger charge is -2.36. The minimum absolute atomic E-state index is 0.0634. The molecule has 1 saturated heterocycles. The highest BCUT2D eigenvalue weighted by atomic mass is 16.5. The lowest BCUT2D eigenvalue weighted by molar-refractivity contribution is 0.181. The molecule has 6 heteroatoms. The van der Waals surface area contributed by atoms with E-state index in [9.17, 15) is 4.79 Å². The maximum absolute atomic E-state index is 12.8. The molecule has 2 heterocycles. The van der Waals surface area contributed by atoms with Crippen molar-refractivity contribution in [1.29, 1.82) is 0 Å². The molecule has 0 saturated carbocycles. The molecule has 0 radical (unpaired) electrons. The van der Waals surface area contributed by atoms with Gasteiger partial charge in [0, 0.05) is 31.9 Å². The zero-order valence-corrected chi connectivity index (χ0v) is 18.3. The number of carbonyl (C=O) groups is 1. The highest BCUT2D eigenvalue weighted by Gasteiger charge is 2.27. The van der Waals surface area contributed by atoms with Crippen LogP contribution in [0, 0.1) is 13.8 Å². The predicted octanol–water partition coefficient (Wildman–Crippen LogP) is 5.34. The fraction of sp³-hybridized carbons (Fsp3) is 0.231. The van der Waals surface area contributed by atoms with E-state index < -0.39 is 0 Å². The Morgan fingerprint density at radius 3 is 2.28 bits per heavy atom. The summed E-state index contributed by atoms with van der Waals surface area (Å²) in [4.78, 5) is 21.9. The van der Waals surface area contributed by atoms with Gasteiger partial charge in [0.05, 0.1) is 5.56 Å². The molecular weight excluding hydrogens is 400 g/mol. The van der Waals surface area contributed by atoms with Crippen molar-refractivity contribution >= 4 is 23.2 Å². The van der Waals surface area contributed by atoms with E-state index in [1.165, 1.54) is 0 Å². The van der Waals surface area contributed by atoms with Crippen LogP contribution < -0.4 is 10.1 Å². The van der Waals surface area contributed by atoms with Gasteiger partial charge >= 0.3 is 6.03 Å². The van der Waals surface area contributed by atoms with Crippen LogP contribution in [0.5, 0.6) is 11.5 Å². The van der Waals surface area contributed by atoms with Gasteiger partial charge in [-0.1, -0.05) is 30.3 Å². The standard InChI is InChI=1S/C26H26N4O2/c1-18-15-19(2)17-20(16-18)27-26(31)30-13-11-29(12-14-30)25-21-7-3-5-9-23(21)32-24-10-6-4-8-22(24)28-25/h3-10,15-17H,11-14H2,1-2H3,(H,27,31). The minimum atomic E-state index is -0.0634. The normalized spacial score (nSPS) is 15.1. The summed E-state index contributed by atoms with van der Waals surface area (Å²) in [5.74, 6) is 2.44. The average molecular weight is 427 g/mol. The number of urea groups is 1. The number of amides is 2. The van der Waals surface area contributed by atoms with E-state index in [2.05, 4.69) is 16.3 Å². The van der Waals surface area contributed by atoms with Crippen molar-refractivity contribution in [2.75, 3.05) is 31.5 Å². The highest BCUT2D eigenvalue weighted by molar-refractivity contribution is 6.04. The molecule has 162 valence electrons. The molecule has 0 spiro atoms. The Kier molecular flexibility index (Phi) is 5.27.